The van der Waals surface area contributed by atoms with Crippen LogP contribution < -0.4 is 0 Å². The van der Waals surface area contributed by atoms with Gasteiger partial charge < -0.3 is 9.26 Å². The third-order valence-corrected chi connectivity index (χ3v) is 3.76. The molecule has 8 heteroatoms. The Labute approximate surface area is 130 Å². The van der Waals surface area contributed by atoms with Crippen LogP contribution in [0.4, 0.5) is 0 Å². The molecule has 0 bridgehead atoms. The van der Waals surface area contributed by atoms with Crippen molar-refractivity contribution in [1.29, 1.82) is 0 Å². The van der Waals surface area contributed by atoms with Gasteiger partial charge in [-0.2, -0.15) is 10.1 Å². The average Bonchev–Trinajstić information content (AvgIpc) is 3.25. The third kappa shape index (κ3) is 3.22. The van der Waals surface area contributed by atoms with Crippen molar-refractivity contribution in [3.8, 4) is 10.7 Å². The summed E-state index contributed by atoms with van der Waals surface area (Å²) in [6.45, 7) is 1.98. The number of esters is 1. The molecule has 1 N–H and O–H groups in total. The third-order valence-electron chi connectivity index (χ3n) is 2.90. The Morgan fingerprint density at radius 2 is 2.41 bits per heavy atom. The molecule has 3 aromatic heterocycles. The molecule has 0 aliphatic rings. The summed E-state index contributed by atoms with van der Waals surface area (Å²) in [6, 6.07) is 5.49. The van der Waals surface area contributed by atoms with Crippen molar-refractivity contribution in [3.63, 3.8) is 0 Å². The molecule has 3 aromatic rings. The zero-order valence-electron chi connectivity index (χ0n) is 11.9. The quantitative estimate of drug-likeness (QED) is 0.702. The lowest BCUT2D eigenvalue weighted by Crippen LogP contribution is -2.05. The van der Waals surface area contributed by atoms with Crippen molar-refractivity contribution in [2.24, 2.45) is 0 Å². The number of hydrogen-bond donors (Lipinski definition) is 1. The summed E-state index contributed by atoms with van der Waals surface area (Å²) in [5.41, 5.74) is 1.16. The number of H-pyrrole nitrogens is 1. The van der Waals surface area contributed by atoms with E-state index in [0.29, 0.717) is 5.82 Å². The van der Waals surface area contributed by atoms with Gasteiger partial charge in [0.2, 0.25) is 5.82 Å². The first-order chi connectivity index (χ1) is 10.8. The van der Waals surface area contributed by atoms with Gasteiger partial charge in [0, 0.05) is 5.69 Å². The van der Waals surface area contributed by atoms with E-state index in [1.54, 1.807) is 6.07 Å². The van der Waals surface area contributed by atoms with Crippen LogP contribution in [0.15, 0.2) is 28.1 Å². The largest absolute Gasteiger partial charge is 0.451 e. The maximum absolute atomic E-state index is 11.9. The maximum atomic E-state index is 11.9. The van der Waals surface area contributed by atoms with Crippen LogP contribution in [-0.2, 0) is 17.8 Å². The van der Waals surface area contributed by atoms with Gasteiger partial charge in [0.15, 0.2) is 12.3 Å². The van der Waals surface area contributed by atoms with E-state index in [9.17, 15) is 4.79 Å². The fourth-order valence-electron chi connectivity index (χ4n) is 1.88. The van der Waals surface area contributed by atoms with Crippen LogP contribution in [0.25, 0.3) is 10.7 Å². The van der Waals surface area contributed by atoms with Crippen LogP contribution in [0.2, 0.25) is 0 Å². The summed E-state index contributed by atoms with van der Waals surface area (Å²) in [5.74, 6) is 0.224. The van der Waals surface area contributed by atoms with Gasteiger partial charge in [-0.1, -0.05) is 24.6 Å². The molecule has 0 saturated carbocycles. The Morgan fingerprint density at radius 3 is 3.18 bits per heavy atom. The Balaban J connectivity index is 1.58. The minimum absolute atomic E-state index is 0.0762. The Kier molecular flexibility index (Phi) is 4.29. The van der Waals surface area contributed by atoms with E-state index in [-0.39, 0.29) is 18.2 Å². The minimum atomic E-state index is -0.519. The fourth-order valence-corrected chi connectivity index (χ4v) is 2.53. The number of nitrogens with one attached hydrogen (secondary N) is 1. The van der Waals surface area contributed by atoms with E-state index in [2.05, 4.69) is 27.3 Å². The first-order valence-electron chi connectivity index (χ1n) is 6.84. The van der Waals surface area contributed by atoms with E-state index in [0.717, 1.165) is 23.4 Å². The van der Waals surface area contributed by atoms with Gasteiger partial charge >= 0.3 is 5.97 Å². The number of nitrogens with zero attached hydrogens (tertiary/aromatic N) is 3. The molecule has 0 amide bonds. The van der Waals surface area contributed by atoms with Crippen molar-refractivity contribution in [1.82, 2.24) is 20.3 Å². The van der Waals surface area contributed by atoms with Gasteiger partial charge in [-0.25, -0.2) is 4.79 Å². The lowest BCUT2D eigenvalue weighted by Gasteiger charge is -1.97. The van der Waals surface area contributed by atoms with E-state index in [1.807, 2.05) is 17.5 Å². The first-order valence-corrected chi connectivity index (χ1v) is 7.72. The SMILES string of the molecule is CCCc1cc(C(=O)OCc2nc(-c3cccs3)no2)n[nH]1. The Hall–Kier alpha value is -2.48. The lowest BCUT2D eigenvalue weighted by molar-refractivity contribution is 0.0423. The number of aryl methyl sites for hydroxylation is 1. The molecule has 3 rings (SSSR count). The topological polar surface area (TPSA) is 93.9 Å². The van der Waals surface area contributed by atoms with E-state index in [1.165, 1.54) is 11.3 Å². The normalized spacial score (nSPS) is 10.8. The molecular weight excluding hydrogens is 304 g/mol. The number of thiophene rings is 1. The molecular formula is C14H14N4O3S. The molecule has 0 fully saturated rings. The van der Waals surface area contributed by atoms with E-state index in [4.69, 9.17) is 9.26 Å². The minimum Gasteiger partial charge on any atom is -0.451 e. The Bertz CT molecular complexity index is 748. The summed E-state index contributed by atoms with van der Waals surface area (Å²) < 4.78 is 10.2. The van der Waals surface area contributed by atoms with Crippen LogP contribution in [0.1, 0.15) is 35.4 Å². The van der Waals surface area contributed by atoms with Gasteiger partial charge in [0.25, 0.3) is 5.89 Å². The van der Waals surface area contributed by atoms with Crippen LogP contribution in [0.3, 0.4) is 0 Å². The molecule has 0 spiro atoms. The highest BCUT2D eigenvalue weighted by Crippen LogP contribution is 2.21. The highest BCUT2D eigenvalue weighted by atomic mass is 32.1. The van der Waals surface area contributed by atoms with Gasteiger partial charge in [-0.15, -0.1) is 11.3 Å². The number of rotatable bonds is 6. The van der Waals surface area contributed by atoms with Gasteiger partial charge in [-0.3, -0.25) is 5.10 Å². The van der Waals surface area contributed by atoms with Crippen molar-refractivity contribution in [3.05, 3.63) is 40.9 Å². The van der Waals surface area contributed by atoms with Gasteiger partial charge in [-0.05, 0) is 23.9 Å². The van der Waals surface area contributed by atoms with Crippen LogP contribution in [0, 0.1) is 0 Å². The molecule has 7 nitrogen and oxygen atoms in total. The second-order valence-electron chi connectivity index (χ2n) is 4.59. The average molecular weight is 318 g/mol. The zero-order valence-corrected chi connectivity index (χ0v) is 12.7. The fraction of sp³-hybridized carbons (Fsp3) is 0.286. The van der Waals surface area contributed by atoms with Crippen molar-refractivity contribution < 1.29 is 14.1 Å². The molecule has 0 radical (unpaired) electrons. The van der Waals surface area contributed by atoms with Crippen LogP contribution >= 0.6 is 11.3 Å². The molecule has 114 valence electrons. The predicted molar refractivity (Wildman–Crippen MR) is 79.3 cm³/mol. The van der Waals surface area contributed by atoms with Crippen molar-refractivity contribution in [2.45, 2.75) is 26.4 Å². The number of aromatic nitrogens is 4. The molecule has 3 heterocycles. The molecule has 0 aliphatic heterocycles. The van der Waals surface area contributed by atoms with Crippen molar-refractivity contribution >= 4 is 17.3 Å². The molecule has 0 saturated heterocycles. The van der Waals surface area contributed by atoms with Gasteiger partial charge in [0.05, 0.1) is 4.88 Å². The summed E-state index contributed by atoms with van der Waals surface area (Å²) in [4.78, 5) is 17.0. The summed E-state index contributed by atoms with van der Waals surface area (Å²) in [5, 5.41) is 12.5. The standard InChI is InChI=1S/C14H14N4O3S/c1-2-4-9-7-10(17-16-9)14(19)20-8-12-15-13(18-21-12)11-5-3-6-22-11/h3,5-7H,2,4,8H2,1H3,(H,16,17). The number of ether oxygens (including phenoxy) is 1. The second-order valence-corrected chi connectivity index (χ2v) is 5.54. The monoisotopic (exact) mass is 318 g/mol. The predicted octanol–water partition coefficient (Wildman–Crippen LogP) is 2.83. The van der Waals surface area contributed by atoms with E-state index >= 15 is 0 Å². The lowest BCUT2D eigenvalue weighted by atomic mass is 10.2. The number of hydrogen-bond acceptors (Lipinski definition) is 7. The second kappa shape index (κ2) is 6.52. The molecule has 0 atom stereocenters. The molecule has 22 heavy (non-hydrogen) atoms. The van der Waals surface area contributed by atoms with Crippen LogP contribution in [-0.4, -0.2) is 26.3 Å². The molecule has 0 unspecified atom stereocenters. The molecule has 0 aromatic carbocycles. The van der Waals surface area contributed by atoms with E-state index < -0.39 is 5.97 Å². The number of aromatic amines is 1. The summed E-state index contributed by atoms with van der Waals surface area (Å²) in [6.07, 6.45) is 1.82. The first kappa shape index (κ1) is 14.5. The summed E-state index contributed by atoms with van der Waals surface area (Å²) in [7, 11) is 0. The smallest absolute Gasteiger partial charge is 0.359 e. The highest BCUT2D eigenvalue weighted by molar-refractivity contribution is 7.13. The number of carbonyl (C=O) groups is 1. The van der Waals surface area contributed by atoms with Crippen LogP contribution in [0.5, 0.6) is 0 Å². The zero-order chi connectivity index (χ0) is 15.4. The maximum Gasteiger partial charge on any atom is 0.359 e. The summed E-state index contributed by atoms with van der Waals surface area (Å²) >= 11 is 1.51. The molecule has 0 aliphatic carbocycles. The highest BCUT2D eigenvalue weighted by Gasteiger charge is 2.15. The van der Waals surface area contributed by atoms with Crippen molar-refractivity contribution in [2.75, 3.05) is 0 Å². The Morgan fingerprint density at radius 1 is 1.50 bits per heavy atom. The number of carbonyl (C=O) groups excluding carboxylic acids is 1. The van der Waals surface area contributed by atoms with Gasteiger partial charge in [0.1, 0.15) is 0 Å².